The lowest BCUT2D eigenvalue weighted by molar-refractivity contribution is 0.251. The molecular weight excluding hydrogens is 354 g/mol. The molecule has 3 N–H and O–H groups in total. The topological polar surface area (TPSA) is 87.5 Å². The summed E-state index contributed by atoms with van der Waals surface area (Å²) in [5.74, 6) is 0. The molecule has 1 aliphatic rings. The van der Waals surface area contributed by atoms with Crippen LogP contribution in [-0.2, 0) is 13.0 Å². The van der Waals surface area contributed by atoms with Crippen molar-refractivity contribution in [3.8, 4) is 0 Å². The standard InChI is InChI=1S/C21H21N5O2/c1-14-13-17-19(25-24-14)16-9-5-6-10-18(16)26(20(17)27)12-11-22-21(28)23-15-7-3-2-4-8-15/h2-10,25H,11-13H2,1H3,(H2,22,23,28). The minimum absolute atomic E-state index is 0.0549. The highest BCUT2D eigenvalue weighted by molar-refractivity contribution is 5.98. The molecule has 2 amide bonds. The Labute approximate surface area is 162 Å². The lowest BCUT2D eigenvalue weighted by atomic mass is 10.0. The van der Waals surface area contributed by atoms with Crippen molar-refractivity contribution < 1.29 is 4.79 Å². The molecule has 0 radical (unpaired) electrons. The smallest absolute Gasteiger partial charge is 0.319 e. The third-order valence-corrected chi connectivity index (χ3v) is 4.71. The van der Waals surface area contributed by atoms with E-state index in [4.69, 9.17) is 0 Å². The number of hydrogen-bond acceptors (Lipinski definition) is 4. The zero-order valence-corrected chi connectivity index (χ0v) is 15.5. The molecule has 0 atom stereocenters. The number of nitrogens with one attached hydrogen (secondary N) is 3. The Morgan fingerprint density at radius 3 is 2.71 bits per heavy atom. The van der Waals surface area contributed by atoms with Crippen LogP contribution in [0.1, 0.15) is 12.5 Å². The maximum Gasteiger partial charge on any atom is 0.319 e. The highest BCUT2D eigenvalue weighted by Gasteiger charge is 2.19. The van der Waals surface area contributed by atoms with Crippen LogP contribution in [0.25, 0.3) is 10.9 Å². The summed E-state index contributed by atoms with van der Waals surface area (Å²) < 4.78 is 1.72. The lowest BCUT2D eigenvalue weighted by Crippen LogP contribution is -2.35. The van der Waals surface area contributed by atoms with Crippen LogP contribution in [0.2, 0.25) is 0 Å². The molecule has 3 aromatic rings. The van der Waals surface area contributed by atoms with Gasteiger partial charge in [0.2, 0.25) is 0 Å². The van der Waals surface area contributed by atoms with E-state index in [-0.39, 0.29) is 11.6 Å². The zero-order chi connectivity index (χ0) is 19.5. The van der Waals surface area contributed by atoms with Crippen molar-refractivity contribution >= 4 is 34.0 Å². The fourth-order valence-corrected chi connectivity index (χ4v) is 3.40. The highest BCUT2D eigenvalue weighted by atomic mass is 16.2. The van der Waals surface area contributed by atoms with Crippen LogP contribution in [0.15, 0.2) is 64.5 Å². The molecule has 0 saturated carbocycles. The van der Waals surface area contributed by atoms with Gasteiger partial charge in [-0.1, -0.05) is 36.4 Å². The van der Waals surface area contributed by atoms with E-state index >= 15 is 0 Å². The summed E-state index contributed by atoms with van der Waals surface area (Å²) in [6.07, 6.45) is 0.522. The minimum atomic E-state index is -0.300. The average Bonchev–Trinajstić information content (AvgIpc) is 2.71. The molecule has 2 aromatic carbocycles. The Morgan fingerprint density at radius 2 is 1.89 bits per heavy atom. The van der Waals surface area contributed by atoms with E-state index in [1.165, 1.54) is 0 Å². The maximum absolute atomic E-state index is 13.1. The van der Waals surface area contributed by atoms with Gasteiger partial charge in [0.25, 0.3) is 5.56 Å². The molecule has 0 bridgehead atoms. The van der Waals surface area contributed by atoms with Crippen molar-refractivity contribution in [3.05, 3.63) is 70.5 Å². The molecule has 1 aromatic heterocycles. The van der Waals surface area contributed by atoms with Crippen molar-refractivity contribution in [1.29, 1.82) is 0 Å². The van der Waals surface area contributed by atoms with Crippen LogP contribution in [0.5, 0.6) is 0 Å². The molecule has 0 aliphatic carbocycles. The van der Waals surface area contributed by atoms with Crippen molar-refractivity contribution in [2.24, 2.45) is 5.10 Å². The van der Waals surface area contributed by atoms with Gasteiger partial charge < -0.3 is 15.2 Å². The Hall–Kier alpha value is -3.61. The summed E-state index contributed by atoms with van der Waals surface area (Å²) in [6.45, 7) is 2.61. The van der Waals surface area contributed by atoms with E-state index in [1.54, 1.807) is 4.57 Å². The van der Waals surface area contributed by atoms with Crippen LogP contribution in [-0.4, -0.2) is 22.9 Å². The molecule has 28 heavy (non-hydrogen) atoms. The number of rotatable bonds is 4. The number of nitrogens with zero attached hydrogens (tertiary/aromatic N) is 2. The van der Waals surface area contributed by atoms with Crippen molar-refractivity contribution in [2.45, 2.75) is 19.9 Å². The number of fused-ring (bicyclic) bond motifs is 3. The first-order valence-corrected chi connectivity index (χ1v) is 9.17. The summed E-state index contributed by atoms with van der Waals surface area (Å²) >= 11 is 0. The summed E-state index contributed by atoms with van der Waals surface area (Å²) in [7, 11) is 0. The number of pyridine rings is 1. The number of hydrogen-bond donors (Lipinski definition) is 3. The second kappa shape index (κ2) is 7.56. The van der Waals surface area contributed by atoms with E-state index in [1.807, 2.05) is 61.5 Å². The van der Waals surface area contributed by atoms with Gasteiger partial charge in [-0.2, -0.15) is 5.10 Å². The second-order valence-electron chi connectivity index (χ2n) is 6.71. The van der Waals surface area contributed by atoms with Gasteiger partial charge in [-0.15, -0.1) is 0 Å². The number of carbonyl (C=O) groups excluding carboxylic acids is 1. The highest BCUT2D eigenvalue weighted by Crippen LogP contribution is 2.27. The molecule has 7 nitrogen and oxygen atoms in total. The second-order valence-corrected chi connectivity index (χ2v) is 6.71. The molecule has 1 aliphatic heterocycles. The van der Waals surface area contributed by atoms with E-state index in [2.05, 4.69) is 21.2 Å². The molecule has 0 saturated heterocycles. The number of anilines is 2. The molecule has 0 spiro atoms. The van der Waals surface area contributed by atoms with Crippen LogP contribution in [0.4, 0.5) is 16.2 Å². The Bertz CT molecular complexity index is 1120. The number of carbonyl (C=O) groups is 1. The predicted octanol–water partition coefficient (Wildman–Crippen LogP) is 3.17. The minimum Gasteiger partial charge on any atom is -0.336 e. The Kier molecular flexibility index (Phi) is 4.80. The van der Waals surface area contributed by atoms with Gasteiger partial charge in [0.15, 0.2) is 0 Å². The van der Waals surface area contributed by atoms with Crippen LogP contribution in [0, 0.1) is 0 Å². The molecule has 0 unspecified atom stereocenters. The van der Waals surface area contributed by atoms with Gasteiger partial charge in [0.05, 0.1) is 11.2 Å². The summed E-state index contributed by atoms with van der Waals surface area (Å²) in [5.41, 5.74) is 6.85. The molecular formula is C21H21N5O2. The number of amides is 2. The summed E-state index contributed by atoms with van der Waals surface area (Å²) in [6, 6.07) is 16.7. The van der Waals surface area contributed by atoms with Gasteiger partial charge in [0, 0.05) is 41.9 Å². The molecule has 7 heteroatoms. The SMILES string of the molecule is CC1=NNc2c(c(=O)n(CCNC(=O)Nc3ccccc3)c3ccccc23)C1. The number of hydrazone groups is 1. The Balaban J connectivity index is 1.55. The first kappa shape index (κ1) is 17.8. The van der Waals surface area contributed by atoms with Crippen LogP contribution < -0.4 is 21.6 Å². The Morgan fingerprint density at radius 1 is 1.14 bits per heavy atom. The summed E-state index contributed by atoms with van der Waals surface area (Å²) in [4.78, 5) is 25.2. The predicted molar refractivity (Wildman–Crippen MR) is 112 cm³/mol. The average molecular weight is 375 g/mol. The lowest BCUT2D eigenvalue weighted by Gasteiger charge is -2.20. The van der Waals surface area contributed by atoms with Gasteiger partial charge in [-0.3, -0.25) is 10.2 Å². The zero-order valence-electron chi connectivity index (χ0n) is 15.5. The number of para-hydroxylation sites is 2. The monoisotopic (exact) mass is 375 g/mol. The number of urea groups is 1. The number of benzene rings is 2. The van der Waals surface area contributed by atoms with Gasteiger partial charge >= 0.3 is 6.03 Å². The first-order valence-electron chi connectivity index (χ1n) is 9.17. The number of aromatic nitrogens is 1. The third kappa shape index (κ3) is 3.46. The summed E-state index contributed by atoms with van der Waals surface area (Å²) in [5, 5.41) is 10.8. The normalized spacial score (nSPS) is 12.7. The molecule has 2 heterocycles. The quantitative estimate of drug-likeness (QED) is 0.654. The third-order valence-electron chi connectivity index (χ3n) is 4.71. The van der Waals surface area contributed by atoms with Crippen LogP contribution in [0.3, 0.4) is 0 Å². The molecule has 4 rings (SSSR count). The van der Waals surface area contributed by atoms with E-state index in [0.29, 0.717) is 25.1 Å². The van der Waals surface area contributed by atoms with Gasteiger partial charge in [0.1, 0.15) is 0 Å². The van der Waals surface area contributed by atoms with E-state index in [9.17, 15) is 9.59 Å². The van der Waals surface area contributed by atoms with Crippen molar-refractivity contribution in [2.75, 3.05) is 17.3 Å². The van der Waals surface area contributed by atoms with Crippen molar-refractivity contribution in [3.63, 3.8) is 0 Å². The van der Waals surface area contributed by atoms with E-state index in [0.717, 1.165) is 28.0 Å². The molecule has 142 valence electrons. The van der Waals surface area contributed by atoms with Gasteiger partial charge in [-0.05, 0) is 25.1 Å². The molecule has 0 fully saturated rings. The fraction of sp³-hybridized carbons (Fsp3) is 0.190. The fourth-order valence-electron chi connectivity index (χ4n) is 3.40. The van der Waals surface area contributed by atoms with E-state index < -0.39 is 0 Å². The first-order chi connectivity index (χ1) is 13.6. The maximum atomic E-state index is 13.1. The van der Waals surface area contributed by atoms with Gasteiger partial charge in [-0.25, -0.2) is 4.79 Å². The van der Waals surface area contributed by atoms with Crippen molar-refractivity contribution in [1.82, 2.24) is 9.88 Å². The van der Waals surface area contributed by atoms with Crippen LogP contribution >= 0.6 is 0 Å². The largest absolute Gasteiger partial charge is 0.336 e.